The van der Waals surface area contributed by atoms with E-state index in [1.54, 1.807) is 11.0 Å². The minimum Gasteiger partial charge on any atom is -0.359 e. The molecule has 2 saturated carbocycles. The maximum absolute atomic E-state index is 13.2. The molecule has 1 N–H and O–H groups in total. The Kier molecular flexibility index (Phi) is 5.41. The van der Waals surface area contributed by atoms with Crippen molar-refractivity contribution in [1.82, 2.24) is 15.4 Å². The number of carbonyl (C=O) groups is 2. The van der Waals surface area contributed by atoms with Crippen LogP contribution in [0.1, 0.15) is 65.1 Å². The fourth-order valence-electron chi connectivity index (χ4n) is 3.65. The molecule has 0 radical (unpaired) electrons. The Labute approximate surface area is 163 Å². The summed E-state index contributed by atoms with van der Waals surface area (Å²) in [6.07, 6.45) is 6.32. The van der Waals surface area contributed by atoms with Gasteiger partial charge in [0.2, 0.25) is 0 Å². The van der Waals surface area contributed by atoms with Crippen LogP contribution in [-0.2, 0) is 6.54 Å². The normalized spacial score (nSPS) is 16.9. The van der Waals surface area contributed by atoms with Crippen molar-refractivity contribution in [2.45, 2.75) is 51.1 Å². The molecule has 28 heavy (non-hydrogen) atoms. The van der Waals surface area contributed by atoms with Crippen LogP contribution in [0, 0.1) is 11.7 Å². The Morgan fingerprint density at radius 2 is 1.86 bits per heavy atom. The van der Waals surface area contributed by atoms with E-state index in [-0.39, 0.29) is 35.9 Å². The lowest BCUT2D eigenvalue weighted by atomic mass is 10.1. The van der Waals surface area contributed by atoms with Crippen molar-refractivity contribution < 1.29 is 18.5 Å². The standard InChI is InChI=1S/C21H24FN3O3/c22-16-9-7-15(8-10-16)21(27)25(17-3-1-2-4-17)13-18-11-19(24-28-18)20(26)23-12-14-5-6-14/h7-11,14,17H,1-6,12-13H2,(H,23,26). The van der Waals surface area contributed by atoms with Gasteiger partial charge in [-0.15, -0.1) is 0 Å². The van der Waals surface area contributed by atoms with Crippen molar-refractivity contribution in [3.8, 4) is 0 Å². The molecule has 0 bridgehead atoms. The Balaban J connectivity index is 1.47. The maximum atomic E-state index is 13.2. The highest BCUT2D eigenvalue weighted by atomic mass is 19.1. The summed E-state index contributed by atoms with van der Waals surface area (Å²) in [5.41, 5.74) is 0.673. The zero-order valence-corrected chi connectivity index (χ0v) is 15.7. The van der Waals surface area contributed by atoms with Crippen LogP contribution in [0.4, 0.5) is 4.39 Å². The summed E-state index contributed by atoms with van der Waals surface area (Å²) in [7, 11) is 0. The summed E-state index contributed by atoms with van der Waals surface area (Å²) >= 11 is 0. The Hall–Kier alpha value is -2.70. The average molecular weight is 385 g/mol. The highest BCUT2D eigenvalue weighted by molar-refractivity contribution is 5.94. The molecule has 0 saturated heterocycles. The molecule has 1 aromatic carbocycles. The summed E-state index contributed by atoms with van der Waals surface area (Å²) in [5, 5.41) is 6.72. The number of halogens is 1. The molecule has 4 rings (SSSR count). The summed E-state index contributed by atoms with van der Waals surface area (Å²) < 4.78 is 18.5. The van der Waals surface area contributed by atoms with Gasteiger partial charge in [0.1, 0.15) is 5.82 Å². The van der Waals surface area contributed by atoms with Crippen LogP contribution < -0.4 is 5.32 Å². The molecule has 2 aromatic rings. The molecule has 148 valence electrons. The van der Waals surface area contributed by atoms with Crippen molar-refractivity contribution in [3.05, 3.63) is 53.2 Å². The predicted molar refractivity (Wildman–Crippen MR) is 100 cm³/mol. The fraction of sp³-hybridized carbons (Fsp3) is 0.476. The number of nitrogens with zero attached hydrogens (tertiary/aromatic N) is 2. The van der Waals surface area contributed by atoms with Crippen LogP contribution in [0.25, 0.3) is 0 Å². The summed E-state index contributed by atoms with van der Waals surface area (Å²) in [4.78, 5) is 27.0. The first-order valence-electron chi connectivity index (χ1n) is 9.90. The molecule has 7 heteroatoms. The van der Waals surface area contributed by atoms with E-state index in [0.29, 0.717) is 23.8 Å². The lowest BCUT2D eigenvalue weighted by Crippen LogP contribution is -2.38. The smallest absolute Gasteiger partial charge is 0.273 e. The minimum atomic E-state index is -0.374. The van der Waals surface area contributed by atoms with Gasteiger partial charge >= 0.3 is 0 Å². The number of nitrogens with one attached hydrogen (secondary N) is 1. The van der Waals surface area contributed by atoms with Crippen LogP contribution in [0.3, 0.4) is 0 Å². The number of aromatic nitrogens is 1. The van der Waals surface area contributed by atoms with Gasteiger partial charge in [0.05, 0.1) is 6.54 Å². The molecule has 2 aliphatic carbocycles. The minimum absolute atomic E-state index is 0.106. The van der Waals surface area contributed by atoms with Gasteiger partial charge in [-0.3, -0.25) is 9.59 Å². The predicted octanol–water partition coefficient (Wildman–Crippen LogP) is 3.54. The van der Waals surface area contributed by atoms with Crippen LogP contribution in [-0.4, -0.2) is 34.5 Å². The summed E-state index contributed by atoms with van der Waals surface area (Å²) in [6, 6.07) is 7.28. The van der Waals surface area contributed by atoms with E-state index < -0.39 is 0 Å². The Bertz CT molecular complexity index is 839. The molecule has 2 fully saturated rings. The van der Waals surface area contributed by atoms with E-state index >= 15 is 0 Å². The first kappa shape index (κ1) is 18.7. The number of rotatable bonds is 7. The molecule has 1 aromatic heterocycles. The molecule has 2 amide bonds. The quantitative estimate of drug-likeness (QED) is 0.791. The van der Waals surface area contributed by atoms with Gasteiger partial charge in [0.15, 0.2) is 11.5 Å². The van der Waals surface area contributed by atoms with Gasteiger partial charge in [-0.1, -0.05) is 18.0 Å². The Morgan fingerprint density at radius 3 is 2.54 bits per heavy atom. The first-order chi connectivity index (χ1) is 13.6. The second-order valence-electron chi connectivity index (χ2n) is 7.71. The Morgan fingerprint density at radius 1 is 1.14 bits per heavy atom. The lowest BCUT2D eigenvalue weighted by molar-refractivity contribution is 0.0643. The van der Waals surface area contributed by atoms with Gasteiger partial charge in [0.25, 0.3) is 11.8 Å². The van der Waals surface area contributed by atoms with Crippen LogP contribution in [0.5, 0.6) is 0 Å². The number of benzene rings is 1. The molecular formula is C21H24FN3O3. The molecule has 1 heterocycles. The van der Waals surface area contributed by atoms with Crippen LogP contribution in [0.15, 0.2) is 34.9 Å². The SMILES string of the molecule is O=C(NCC1CC1)c1cc(CN(C(=O)c2ccc(F)cc2)C2CCCC2)on1. The first-order valence-corrected chi connectivity index (χ1v) is 9.90. The second-order valence-corrected chi connectivity index (χ2v) is 7.71. The molecule has 2 aliphatic rings. The topological polar surface area (TPSA) is 75.4 Å². The molecule has 0 spiro atoms. The van der Waals surface area contributed by atoms with Gasteiger partial charge < -0.3 is 14.7 Å². The van der Waals surface area contributed by atoms with Crippen molar-refractivity contribution in [2.24, 2.45) is 5.92 Å². The van der Waals surface area contributed by atoms with Gasteiger partial charge in [-0.05, 0) is 55.9 Å². The van der Waals surface area contributed by atoms with E-state index in [4.69, 9.17) is 4.52 Å². The van der Waals surface area contributed by atoms with Crippen molar-refractivity contribution in [1.29, 1.82) is 0 Å². The van der Waals surface area contributed by atoms with Crippen LogP contribution >= 0.6 is 0 Å². The molecule has 0 unspecified atom stereocenters. The third-order valence-corrected chi connectivity index (χ3v) is 5.48. The van der Waals surface area contributed by atoms with Gasteiger partial charge in [0, 0.05) is 24.2 Å². The van der Waals surface area contributed by atoms with Crippen molar-refractivity contribution >= 4 is 11.8 Å². The summed E-state index contributed by atoms with van der Waals surface area (Å²) in [6.45, 7) is 0.905. The number of carbonyl (C=O) groups excluding carboxylic acids is 2. The number of hydrogen-bond donors (Lipinski definition) is 1. The van der Waals surface area contributed by atoms with E-state index in [1.807, 2.05) is 0 Å². The molecule has 0 atom stereocenters. The van der Waals surface area contributed by atoms with Crippen molar-refractivity contribution in [3.63, 3.8) is 0 Å². The van der Waals surface area contributed by atoms with E-state index in [2.05, 4.69) is 10.5 Å². The number of amides is 2. The third-order valence-electron chi connectivity index (χ3n) is 5.48. The van der Waals surface area contributed by atoms with Crippen molar-refractivity contribution in [2.75, 3.05) is 6.54 Å². The second kappa shape index (κ2) is 8.12. The molecule has 6 nitrogen and oxygen atoms in total. The highest BCUT2D eigenvalue weighted by Gasteiger charge is 2.29. The zero-order chi connectivity index (χ0) is 19.5. The third kappa shape index (κ3) is 4.40. The fourth-order valence-corrected chi connectivity index (χ4v) is 3.65. The molecular weight excluding hydrogens is 361 g/mol. The van der Waals surface area contributed by atoms with Crippen LogP contribution in [0.2, 0.25) is 0 Å². The largest absolute Gasteiger partial charge is 0.359 e. The van der Waals surface area contributed by atoms with Gasteiger partial charge in [-0.2, -0.15) is 0 Å². The maximum Gasteiger partial charge on any atom is 0.273 e. The average Bonchev–Trinajstić information content (AvgIpc) is 3.17. The van der Waals surface area contributed by atoms with E-state index in [9.17, 15) is 14.0 Å². The monoisotopic (exact) mass is 385 g/mol. The molecule has 0 aliphatic heterocycles. The lowest BCUT2D eigenvalue weighted by Gasteiger charge is -2.28. The van der Waals surface area contributed by atoms with E-state index in [1.165, 1.54) is 24.3 Å². The zero-order valence-electron chi connectivity index (χ0n) is 15.7. The number of hydrogen-bond acceptors (Lipinski definition) is 4. The van der Waals surface area contributed by atoms with Gasteiger partial charge in [-0.25, -0.2) is 4.39 Å². The highest BCUT2D eigenvalue weighted by Crippen LogP contribution is 2.28. The van der Waals surface area contributed by atoms with E-state index in [0.717, 1.165) is 38.5 Å². The summed E-state index contributed by atoms with van der Waals surface area (Å²) in [5.74, 6) is 0.267.